The van der Waals surface area contributed by atoms with Crippen LogP contribution >= 0.6 is 0 Å². The zero-order chi connectivity index (χ0) is 29.4. The second-order valence-corrected chi connectivity index (χ2v) is 10.3. The van der Waals surface area contributed by atoms with Crippen molar-refractivity contribution in [3.8, 4) is 16.9 Å². The molecular weight excluding hydrogens is 525 g/mol. The Morgan fingerprint density at radius 1 is 1.12 bits per heavy atom. The van der Waals surface area contributed by atoms with E-state index in [9.17, 15) is 14.7 Å². The zero-order valence-electron chi connectivity index (χ0n) is 23.6. The van der Waals surface area contributed by atoms with Gasteiger partial charge in [0.2, 0.25) is 0 Å². The van der Waals surface area contributed by atoms with Gasteiger partial charge in [0.15, 0.2) is 0 Å². The number of benzene rings is 3. The van der Waals surface area contributed by atoms with E-state index in [1.54, 1.807) is 60.5 Å². The van der Waals surface area contributed by atoms with Gasteiger partial charge in [0.05, 0.1) is 19.8 Å². The molecule has 1 fully saturated rings. The number of nitrogens with two attached hydrogens (primary N) is 1. The van der Waals surface area contributed by atoms with Gasteiger partial charge in [-0.25, -0.2) is 9.18 Å². The van der Waals surface area contributed by atoms with Crippen molar-refractivity contribution in [3.05, 3.63) is 89.2 Å². The van der Waals surface area contributed by atoms with Crippen LogP contribution in [-0.2, 0) is 16.9 Å². The standard InChI is InChI=1S/C32H38FN3O5/c1-40-26-9-3-7-24(19-26)29-27(10-4-11-28(29)33)32(39,16-6-17-35-31(38)41-2)25-8-5-18-36(21-25)30(37)23-14-12-22(20-34)13-15-23/h3-4,7,9-15,19,25,39H,5-6,8,16-18,20-21,34H2,1-2H3,(H,35,38). The van der Waals surface area contributed by atoms with E-state index >= 15 is 4.39 Å². The lowest BCUT2D eigenvalue weighted by Gasteiger charge is -2.43. The Balaban J connectivity index is 1.70. The van der Waals surface area contributed by atoms with Crippen LogP contribution in [0.15, 0.2) is 66.7 Å². The maximum atomic E-state index is 15.6. The molecule has 1 aliphatic heterocycles. The molecule has 2 atom stereocenters. The molecule has 2 unspecified atom stereocenters. The highest BCUT2D eigenvalue weighted by Gasteiger charge is 2.43. The van der Waals surface area contributed by atoms with E-state index in [-0.39, 0.29) is 30.4 Å². The number of alkyl carbamates (subject to hydrolysis) is 1. The minimum atomic E-state index is -1.50. The number of carbonyl (C=O) groups excluding carboxylic acids is 2. The van der Waals surface area contributed by atoms with Crippen LogP contribution in [0, 0.1) is 11.7 Å². The molecule has 0 saturated carbocycles. The highest BCUT2D eigenvalue weighted by Crippen LogP contribution is 2.44. The number of piperidine rings is 1. The van der Waals surface area contributed by atoms with Crippen molar-refractivity contribution in [1.29, 1.82) is 0 Å². The lowest BCUT2D eigenvalue weighted by atomic mass is 9.72. The molecule has 3 aromatic carbocycles. The summed E-state index contributed by atoms with van der Waals surface area (Å²) in [5, 5.41) is 15.2. The molecule has 9 heteroatoms. The number of likely N-dealkylation sites (tertiary alicyclic amines) is 1. The van der Waals surface area contributed by atoms with Crippen molar-refractivity contribution in [2.75, 3.05) is 33.9 Å². The number of amides is 2. The molecule has 41 heavy (non-hydrogen) atoms. The fraction of sp³-hybridized carbons (Fsp3) is 0.375. The van der Waals surface area contributed by atoms with E-state index in [4.69, 9.17) is 10.5 Å². The summed E-state index contributed by atoms with van der Waals surface area (Å²) in [5.41, 5.74) is 7.00. The molecule has 0 aromatic heterocycles. The number of hydrogen-bond acceptors (Lipinski definition) is 6. The first-order chi connectivity index (χ1) is 19.8. The molecule has 3 aromatic rings. The smallest absolute Gasteiger partial charge is 0.406 e. The van der Waals surface area contributed by atoms with Crippen LogP contribution in [0.4, 0.5) is 9.18 Å². The summed E-state index contributed by atoms with van der Waals surface area (Å²) in [6.45, 7) is 1.51. The van der Waals surface area contributed by atoms with Crippen LogP contribution in [0.2, 0.25) is 0 Å². The van der Waals surface area contributed by atoms with Gasteiger partial charge in [-0.05, 0) is 72.7 Å². The van der Waals surface area contributed by atoms with E-state index in [0.29, 0.717) is 61.3 Å². The van der Waals surface area contributed by atoms with E-state index in [1.807, 2.05) is 12.1 Å². The summed E-state index contributed by atoms with van der Waals surface area (Å²) in [5.74, 6) is -0.406. The Hall–Kier alpha value is -3.95. The number of rotatable bonds is 10. The van der Waals surface area contributed by atoms with Crippen LogP contribution in [0.1, 0.15) is 47.2 Å². The van der Waals surface area contributed by atoms with Gasteiger partial charge in [0, 0.05) is 43.2 Å². The lowest BCUT2D eigenvalue weighted by molar-refractivity contribution is -0.0564. The topological polar surface area (TPSA) is 114 Å². The predicted molar refractivity (Wildman–Crippen MR) is 155 cm³/mol. The van der Waals surface area contributed by atoms with Gasteiger partial charge >= 0.3 is 6.09 Å². The second-order valence-electron chi connectivity index (χ2n) is 10.3. The third-order valence-electron chi connectivity index (χ3n) is 7.85. The summed E-state index contributed by atoms with van der Waals surface area (Å²) < 4.78 is 25.6. The first kappa shape index (κ1) is 30.0. The molecule has 4 rings (SSSR count). The summed E-state index contributed by atoms with van der Waals surface area (Å²) in [6.07, 6.45) is 1.40. The molecule has 1 saturated heterocycles. The number of hydrogen-bond donors (Lipinski definition) is 3. The molecule has 0 spiro atoms. The van der Waals surface area contributed by atoms with Crippen LogP contribution in [-0.4, -0.2) is 55.9 Å². The predicted octanol–water partition coefficient (Wildman–Crippen LogP) is 4.84. The molecule has 218 valence electrons. The summed E-state index contributed by atoms with van der Waals surface area (Å²) in [7, 11) is 2.83. The summed E-state index contributed by atoms with van der Waals surface area (Å²) in [4.78, 5) is 26.9. The van der Waals surface area contributed by atoms with Crippen molar-refractivity contribution in [3.63, 3.8) is 0 Å². The Kier molecular flexibility index (Phi) is 9.96. The van der Waals surface area contributed by atoms with E-state index in [2.05, 4.69) is 10.1 Å². The van der Waals surface area contributed by atoms with Gasteiger partial charge in [-0.3, -0.25) is 4.79 Å². The van der Waals surface area contributed by atoms with Crippen molar-refractivity contribution in [2.45, 2.75) is 37.8 Å². The minimum absolute atomic E-state index is 0.125. The second kappa shape index (κ2) is 13.6. The maximum Gasteiger partial charge on any atom is 0.406 e. The number of methoxy groups -OCH3 is 2. The normalized spacial score (nSPS) is 16.5. The van der Waals surface area contributed by atoms with Gasteiger partial charge in [0.1, 0.15) is 11.6 Å². The number of carbonyl (C=O) groups is 2. The fourth-order valence-electron chi connectivity index (χ4n) is 5.65. The molecule has 1 aliphatic rings. The molecule has 0 bridgehead atoms. The van der Waals surface area contributed by atoms with Gasteiger partial charge < -0.3 is 30.5 Å². The maximum absolute atomic E-state index is 15.6. The number of halogens is 1. The van der Waals surface area contributed by atoms with Crippen molar-refractivity contribution in [1.82, 2.24) is 10.2 Å². The molecule has 0 aliphatic carbocycles. The van der Waals surface area contributed by atoms with Crippen molar-refractivity contribution in [2.24, 2.45) is 11.7 Å². The Bertz CT molecular complexity index is 1350. The lowest BCUT2D eigenvalue weighted by Crippen LogP contribution is -2.48. The van der Waals surface area contributed by atoms with E-state index < -0.39 is 17.5 Å². The van der Waals surface area contributed by atoms with Crippen molar-refractivity contribution >= 4 is 12.0 Å². The molecule has 0 radical (unpaired) electrons. The van der Waals surface area contributed by atoms with E-state index in [1.165, 1.54) is 13.2 Å². The van der Waals surface area contributed by atoms with Crippen LogP contribution in [0.3, 0.4) is 0 Å². The first-order valence-corrected chi connectivity index (χ1v) is 13.9. The van der Waals surface area contributed by atoms with Crippen LogP contribution in [0.25, 0.3) is 11.1 Å². The molecule has 8 nitrogen and oxygen atoms in total. The monoisotopic (exact) mass is 563 g/mol. The highest BCUT2D eigenvalue weighted by molar-refractivity contribution is 5.94. The Morgan fingerprint density at radius 2 is 1.88 bits per heavy atom. The fourth-order valence-corrected chi connectivity index (χ4v) is 5.65. The van der Waals surface area contributed by atoms with Gasteiger partial charge in [-0.15, -0.1) is 0 Å². The van der Waals surface area contributed by atoms with Crippen LogP contribution < -0.4 is 15.8 Å². The SMILES string of the molecule is COC(=O)NCCCC(O)(c1cccc(F)c1-c1cccc(OC)c1)C1CCCN(C(=O)c2ccc(CN)cc2)C1. The summed E-state index contributed by atoms with van der Waals surface area (Å²) >= 11 is 0. The molecule has 1 heterocycles. The number of ether oxygens (including phenoxy) is 2. The minimum Gasteiger partial charge on any atom is -0.497 e. The summed E-state index contributed by atoms with van der Waals surface area (Å²) in [6, 6.07) is 19.0. The first-order valence-electron chi connectivity index (χ1n) is 13.9. The van der Waals surface area contributed by atoms with E-state index in [0.717, 1.165) is 5.56 Å². The Morgan fingerprint density at radius 3 is 2.59 bits per heavy atom. The number of nitrogens with one attached hydrogen (secondary N) is 1. The van der Waals surface area contributed by atoms with Crippen LogP contribution in [0.5, 0.6) is 5.75 Å². The Labute approximate surface area is 240 Å². The van der Waals surface area contributed by atoms with Gasteiger partial charge in [-0.1, -0.05) is 36.4 Å². The largest absolute Gasteiger partial charge is 0.497 e. The van der Waals surface area contributed by atoms with Crippen molar-refractivity contribution < 1.29 is 28.6 Å². The average Bonchev–Trinajstić information content (AvgIpc) is 3.02. The van der Waals surface area contributed by atoms with Gasteiger partial charge in [0.25, 0.3) is 5.91 Å². The number of aliphatic hydroxyl groups is 1. The molecule has 2 amide bonds. The average molecular weight is 564 g/mol. The number of nitrogens with zero attached hydrogens (tertiary/aromatic N) is 1. The third kappa shape index (κ3) is 6.86. The third-order valence-corrected chi connectivity index (χ3v) is 7.85. The van der Waals surface area contributed by atoms with Gasteiger partial charge in [-0.2, -0.15) is 0 Å². The molecular formula is C32H38FN3O5. The quantitative estimate of drug-likeness (QED) is 0.304. The molecule has 4 N–H and O–H groups in total. The zero-order valence-corrected chi connectivity index (χ0v) is 23.6. The highest BCUT2D eigenvalue weighted by atomic mass is 19.1.